The summed E-state index contributed by atoms with van der Waals surface area (Å²) in [5.41, 5.74) is 2.57. The van der Waals surface area contributed by atoms with Crippen molar-refractivity contribution in [1.82, 2.24) is 9.80 Å². The number of aliphatic imine (C=N–C) groups is 1. The molecule has 4 heteroatoms. The summed E-state index contributed by atoms with van der Waals surface area (Å²) in [5, 5.41) is 9.08. The molecule has 0 N–H and O–H groups in total. The second-order valence-corrected chi connectivity index (χ2v) is 5.75. The Kier molecular flexibility index (Phi) is 4.70. The molecule has 23 heavy (non-hydrogen) atoms. The first-order valence-electron chi connectivity index (χ1n) is 7.84. The van der Waals surface area contributed by atoms with Crippen molar-refractivity contribution in [3.05, 3.63) is 65.7 Å². The van der Waals surface area contributed by atoms with Crippen molar-refractivity contribution in [2.45, 2.75) is 0 Å². The number of nitrogens with zero attached hydrogens (tertiary/aromatic N) is 4. The summed E-state index contributed by atoms with van der Waals surface area (Å²) in [6.45, 7) is 3.98. The second-order valence-electron chi connectivity index (χ2n) is 5.75. The summed E-state index contributed by atoms with van der Waals surface area (Å²) in [4.78, 5) is 9.52. The third-order valence-electron chi connectivity index (χ3n) is 4.05. The quantitative estimate of drug-likeness (QED) is 0.633. The summed E-state index contributed by atoms with van der Waals surface area (Å²) in [6, 6.07) is 19.9. The Morgan fingerprint density at radius 3 is 2.43 bits per heavy atom. The van der Waals surface area contributed by atoms with Crippen molar-refractivity contribution >= 4 is 11.5 Å². The first-order valence-corrected chi connectivity index (χ1v) is 7.84. The van der Waals surface area contributed by atoms with Gasteiger partial charge >= 0.3 is 0 Å². The number of benzene rings is 2. The van der Waals surface area contributed by atoms with Crippen LogP contribution in [0.3, 0.4) is 0 Å². The number of rotatable bonds is 2. The van der Waals surface area contributed by atoms with Crippen molar-refractivity contribution in [3.8, 4) is 6.07 Å². The van der Waals surface area contributed by atoms with Gasteiger partial charge in [0.15, 0.2) is 0 Å². The summed E-state index contributed by atoms with van der Waals surface area (Å²) in [7, 11) is 2.15. The smallest absolute Gasteiger partial charge is 0.136 e. The highest BCUT2D eigenvalue weighted by molar-refractivity contribution is 6.00. The van der Waals surface area contributed by atoms with Gasteiger partial charge in [-0.25, -0.2) is 4.99 Å². The molecule has 116 valence electrons. The van der Waals surface area contributed by atoms with E-state index in [1.807, 2.05) is 36.4 Å². The van der Waals surface area contributed by atoms with Crippen LogP contribution in [-0.4, -0.2) is 48.9 Å². The Bertz CT molecular complexity index is 723. The minimum atomic E-state index is 0.636. The zero-order valence-electron chi connectivity index (χ0n) is 13.3. The van der Waals surface area contributed by atoms with Gasteiger partial charge in [-0.2, -0.15) is 5.26 Å². The average Bonchev–Trinajstić information content (AvgIpc) is 2.61. The van der Waals surface area contributed by atoms with Gasteiger partial charge in [0.05, 0.1) is 17.3 Å². The molecule has 0 saturated carbocycles. The van der Waals surface area contributed by atoms with Crippen LogP contribution in [0, 0.1) is 11.3 Å². The average molecular weight is 304 g/mol. The molecule has 1 aliphatic rings. The van der Waals surface area contributed by atoms with E-state index in [1.165, 1.54) is 0 Å². The molecule has 0 radical (unpaired) electrons. The van der Waals surface area contributed by atoms with Crippen LogP contribution in [0.25, 0.3) is 0 Å². The molecule has 0 bridgehead atoms. The molecule has 4 nitrogen and oxygen atoms in total. The molecule has 0 spiro atoms. The van der Waals surface area contributed by atoms with Gasteiger partial charge in [0.25, 0.3) is 0 Å². The van der Waals surface area contributed by atoms with Crippen molar-refractivity contribution in [2.75, 3.05) is 33.2 Å². The highest BCUT2D eigenvalue weighted by Gasteiger charge is 2.18. The standard InChI is InChI=1S/C19H20N4/c1-22-10-12-23(13-11-22)19(17-7-3-2-4-8-17)21-18-9-5-6-16(14-18)15-20/h2-9,14H,10-13H2,1H3. The molecule has 1 fully saturated rings. The number of hydrogen-bond acceptors (Lipinski definition) is 3. The second kappa shape index (κ2) is 7.08. The van der Waals surface area contributed by atoms with E-state index in [0.717, 1.165) is 43.3 Å². The zero-order chi connectivity index (χ0) is 16.1. The Labute approximate surface area is 137 Å². The highest BCUT2D eigenvalue weighted by atomic mass is 15.3. The van der Waals surface area contributed by atoms with Gasteiger partial charge in [0.1, 0.15) is 5.84 Å². The molecule has 0 amide bonds. The summed E-state index contributed by atoms with van der Waals surface area (Å²) in [6.07, 6.45) is 0. The number of hydrogen-bond donors (Lipinski definition) is 0. The number of nitriles is 1. The fraction of sp³-hybridized carbons (Fsp3) is 0.263. The molecule has 3 rings (SSSR count). The Hall–Kier alpha value is -2.64. The van der Waals surface area contributed by atoms with Gasteiger partial charge in [-0.3, -0.25) is 0 Å². The minimum Gasteiger partial charge on any atom is -0.354 e. The topological polar surface area (TPSA) is 42.6 Å². The molecule has 0 aliphatic carbocycles. The molecule has 1 aliphatic heterocycles. The summed E-state index contributed by atoms with van der Waals surface area (Å²) in [5.74, 6) is 0.980. The molecule has 2 aromatic carbocycles. The van der Waals surface area contributed by atoms with Crippen molar-refractivity contribution in [3.63, 3.8) is 0 Å². The first kappa shape index (κ1) is 15.3. The van der Waals surface area contributed by atoms with Gasteiger partial charge in [-0.15, -0.1) is 0 Å². The number of amidine groups is 1. The van der Waals surface area contributed by atoms with Crippen LogP contribution in [0.2, 0.25) is 0 Å². The van der Waals surface area contributed by atoms with Crippen LogP contribution in [0.5, 0.6) is 0 Å². The lowest BCUT2D eigenvalue weighted by Gasteiger charge is -2.34. The van der Waals surface area contributed by atoms with E-state index in [1.54, 1.807) is 6.07 Å². The van der Waals surface area contributed by atoms with Crippen LogP contribution >= 0.6 is 0 Å². The molecule has 0 aromatic heterocycles. The minimum absolute atomic E-state index is 0.636. The van der Waals surface area contributed by atoms with Crippen molar-refractivity contribution in [1.29, 1.82) is 5.26 Å². The predicted molar refractivity (Wildman–Crippen MR) is 92.9 cm³/mol. The summed E-state index contributed by atoms with van der Waals surface area (Å²) < 4.78 is 0. The molecular weight excluding hydrogens is 284 g/mol. The van der Waals surface area contributed by atoms with Crippen LogP contribution in [0.1, 0.15) is 11.1 Å². The van der Waals surface area contributed by atoms with Crippen LogP contribution in [0.4, 0.5) is 5.69 Å². The predicted octanol–water partition coefficient (Wildman–Crippen LogP) is 2.88. The van der Waals surface area contributed by atoms with Crippen molar-refractivity contribution in [2.24, 2.45) is 4.99 Å². The normalized spacial score (nSPS) is 16.2. The SMILES string of the molecule is CN1CCN(C(=Nc2cccc(C#N)c2)c2ccccc2)CC1. The zero-order valence-corrected chi connectivity index (χ0v) is 13.3. The van der Waals surface area contributed by atoms with E-state index in [-0.39, 0.29) is 0 Å². The lowest BCUT2D eigenvalue weighted by molar-refractivity contribution is 0.216. The fourth-order valence-corrected chi connectivity index (χ4v) is 2.69. The molecule has 0 unspecified atom stereocenters. The molecular formula is C19H20N4. The van der Waals surface area contributed by atoms with E-state index >= 15 is 0 Å². The lowest BCUT2D eigenvalue weighted by atomic mass is 10.1. The maximum Gasteiger partial charge on any atom is 0.136 e. The Morgan fingerprint density at radius 2 is 1.74 bits per heavy atom. The van der Waals surface area contributed by atoms with Gasteiger partial charge in [0, 0.05) is 31.7 Å². The van der Waals surface area contributed by atoms with E-state index < -0.39 is 0 Å². The monoisotopic (exact) mass is 304 g/mol. The molecule has 2 aromatic rings. The van der Waals surface area contributed by atoms with E-state index in [9.17, 15) is 0 Å². The fourth-order valence-electron chi connectivity index (χ4n) is 2.69. The number of likely N-dealkylation sites (N-methyl/N-ethyl adjacent to an activating group) is 1. The Balaban J connectivity index is 1.98. The molecule has 1 heterocycles. The third kappa shape index (κ3) is 3.77. The van der Waals surface area contributed by atoms with Gasteiger partial charge in [0.2, 0.25) is 0 Å². The van der Waals surface area contributed by atoms with Crippen LogP contribution in [-0.2, 0) is 0 Å². The highest BCUT2D eigenvalue weighted by Crippen LogP contribution is 2.18. The number of piperazine rings is 1. The van der Waals surface area contributed by atoms with Crippen molar-refractivity contribution < 1.29 is 0 Å². The lowest BCUT2D eigenvalue weighted by Crippen LogP contribution is -2.47. The Morgan fingerprint density at radius 1 is 1.00 bits per heavy atom. The van der Waals surface area contributed by atoms with E-state index in [0.29, 0.717) is 5.56 Å². The largest absolute Gasteiger partial charge is 0.354 e. The third-order valence-corrected chi connectivity index (χ3v) is 4.05. The van der Waals surface area contributed by atoms with Gasteiger partial charge in [-0.05, 0) is 25.2 Å². The maximum atomic E-state index is 9.08. The van der Waals surface area contributed by atoms with E-state index in [2.05, 4.69) is 35.0 Å². The first-order chi connectivity index (χ1) is 11.3. The molecule has 0 atom stereocenters. The summed E-state index contributed by atoms with van der Waals surface area (Å²) >= 11 is 0. The van der Waals surface area contributed by atoms with E-state index in [4.69, 9.17) is 10.3 Å². The van der Waals surface area contributed by atoms with Crippen LogP contribution in [0.15, 0.2) is 59.6 Å². The van der Waals surface area contributed by atoms with Gasteiger partial charge in [-0.1, -0.05) is 36.4 Å². The molecule has 1 saturated heterocycles. The van der Waals surface area contributed by atoms with Crippen LogP contribution < -0.4 is 0 Å². The maximum absolute atomic E-state index is 9.08. The van der Waals surface area contributed by atoms with Gasteiger partial charge < -0.3 is 9.80 Å².